The predicted octanol–water partition coefficient (Wildman–Crippen LogP) is 1.79. The van der Waals surface area contributed by atoms with Gasteiger partial charge in [-0.15, -0.1) is 0 Å². The van der Waals surface area contributed by atoms with E-state index in [0.717, 1.165) is 54.3 Å². The van der Waals surface area contributed by atoms with Crippen LogP contribution in [0.15, 0.2) is 24.8 Å². The zero-order valence-corrected chi connectivity index (χ0v) is 15.5. The summed E-state index contributed by atoms with van der Waals surface area (Å²) in [5.41, 5.74) is 3.88. The van der Waals surface area contributed by atoms with Crippen LogP contribution in [0.3, 0.4) is 0 Å². The largest absolute Gasteiger partial charge is 0.354 e. The fourth-order valence-electron chi connectivity index (χ4n) is 4.00. The van der Waals surface area contributed by atoms with Crippen molar-refractivity contribution in [1.29, 1.82) is 0 Å². The van der Waals surface area contributed by atoms with Gasteiger partial charge in [0, 0.05) is 45.1 Å². The third-order valence-electron chi connectivity index (χ3n) is 5.49. The van der Waals surface area contributed by atoms with Gasteiger partial charge in [-0.25, -0.2) is 14.8 Å². The molecule has 2 aliphatic rings. The molecule has 2 aliphatic heterocycles. The first-order valence-corrected chi connectivity index (χ1v) is 9.22. The second kappa shape index (κ2) is 5.97. The van der Waals surface area contributed by atoms with E-state index in [1.807, 2.05) is 30.9 Å². The fraction of sp³-hybridized carbons (Fsp3) is 0.444. The van der Waals surface area contributed by atoms with E-state index in [-0.39, 0.29) is 12.1 Å². The van der Waals surface area contributed by atoms with E-state index in [4.69, 9.17) is 0 Å². The van der Waals surface area contributed by atoms with Crippen molar-refractivity contribution in [2.45, 2.75) is 19.4 Å². The van der Waals surface area contributed by atoms with E-state index >= 15 is 0 Å². The molecule has 5 rings (SSSR count). The Morgan fingerprint density at radius 2 is 2.11 bits per heavy atom. The number of likely N-dealkylation sites (N-methyl/N-ethyl adjacent to an activating group) is 1. The van der Waals surface area contributed by atoms with Crippen LogP contribution in [-0.2, 0) is 0 Å². The van der Waals surface area contributed by atoms with Gasteiger partial charge >= 0.3 is 6.03 Å². The zero-order valence-electron chi connectivity index (χ0n) is 15.5. The lowest BCUT2D eigenvalue weighted by atomic mass is 10.3. The predicted molar refractivity (Wildman–Crippen MR) is 102 cm³/mol. The number of hydrogen-bond acceptors (Lipinski definition) is 5. The van der Waals surface area contributed by atoms with Crippen molar-refractivity contribution in [2.75, 3.05) is 43.0 Å². The number of carbonyl (C=O) groups is 1. The summed E-state index contributed by atoms with van der Waals surface area (Å²) in [6.45, 7) is 5.23. The van der Waals surface area contributed by atoms with E-state index in [2.05, 4.69) is 25.0 Å². The van der Waals surface area contributed by atoms with Crippen LogP contribution in [0, 0.1) is 6.92 Å². The smallest absolute Gasteiger partial charge is 0.324 e. The summed E-state index contributed by atoms with van der Waals surface area (Å²) < 4.78 is 1.99. The quantitative estimate of drug-likeness (QED) is 0.764. The Hall–Kier alpha value is -3.10. The lowest BCUT2D eigenvalue weighted by molar-refractivity contribution is 0.229. The van der Waals surface area contributed by atoms with Crippen molar-refractivity contribution >= 4 is 28.6 Å². The van der Waals surface area contributed by atoms with Crippen LogP contribution in [0.1, 0.15) is 18.2 Å². The Kier molecular flexibility index (Phi) is 3.56. The molecule has 2 fully saturated rings. The van der Waals surface area contributed by atoms with Crippen molar-refractivity contribution in [1.82, 2.24) is 29.6 Å². The number of urea groups is 1. The van der Waals surface area contributed by atoms with Crippen LogP contribution >= 0.6 is 0 Å². The van der Waals surface area contributed by atoms with Crippen molar-refractivity contribution < 1.29 is 4.79 Å². The standard InChI is InChI=1S/C18H22N8O/c1-12-7-15-16(22-12)17(20-11-19-15)24-4-3-13(9-24)26-10-14(8-21-26)25-6-5-23(2)18(25)27/h7-8,10-11,13,22H,3-6,9H2,1-2H3. The summed E-state index contributed by atoms with van der Waals surface area (Å²) in [7, 11) is 1.83. The summed E-state index contributed by atoms with van der Waals surface area (Å²) >= 11 is 0. The summed E-state index contributed by atoms with van der Waals surface area (Å²) in [5, 5.41) is 4.53. The third kappa shape index (κ3) is 2.61. The second-order valence-corrected chi connectivity index (χ2v) is 7.33. The van der Waals surface area contributed by atoms with Crippen LogP contribution < -0.4 is 9.80 Å². The number of fused-ring (bicyclic) bond motifs is 1. The monoisotopic (exact) mass is 366 g/mol. The van der Waals surface area contributed by atoms with E-state index < -0.39 is 0 Å². The first-order valence-electron chi connectivity index (χ1n) is 9.22. The Morgan fingerprint density at radius 3 is 2.93 bits per heavy atom. The van der Waals surface area contributed by atoms with Gasteiger partial charge in [0.15, 0.2) is 5.82 Å². The zero-order chi connectivity index (χ0) is 18.5. The van der Waals surface area contributed by atoms with Crippen LogP contribution in [0.25, 0.3) is 11.0 Å². The second-order valence-electron chi connectivity index (χ2n) is 7.33. The lowest BCUT2D eigenvalue weighted by Gasteiger charge is -2.18. The van der Waals surface area contributed by atoms with Crippen LogP contribution in [0.5, 0.6) is 0 Å². The number of H-pyrrole nitrogens is 1. The molecule has 9 heteroatoms. The first-order chi connectivity index (χ1) is 13.1. The Labute approximate surface area is 156 Å². The number of anilines is 2. The molecule has 1 N–H and O–H groups in total. The SMILES string of the molecule is Cc1cc2ncnc(N3CCC(n4cc(N5CCN(C)C5=O)cn4)C3)c2[nH]1. The lowest BCUT2D eigenvalue weighted by Crippen LogP contribution is -2.28. The highest BCUT2D eigenvalue weighted by Crippen LogP contribution is 2.30. The molecule has 2 saturated heterocycles. The Balaban J connectivity index is 1.36. The minimum absolute atomic E-state index is 0.0353. The molecule has 9 nitrogen and oxygen atoms in total. The molecule has 0 aliphatic carbocycles. The average Bonchev–Trinajstić information content (AvgIpc) is 3.41. The molecular weight excluding hydrogens is 344 g/mol. The van der Waals surface area contributed by atoms with Crippen molar-refractivity contribution in [3.8, 4) is 0 Å². The number of aryl methyl sites for hydroxylation is 1. The number of hydrogen-bond donors (Lipinski definition) is 1. The maximum Gasteiger partial charge on any atom is 0.324 e. The first kappa shape index (κ1) is 16.1. The highest BCUT2D eigenvalue weighted by atomic mass is 16.2. The molecule has 5 heterocycles. The molecule has 1 atom stereocenters. The molecule has 27 heavy (non-hydrogen) atoms. The number of nitrogens with zero attached hydrogens (tertiary/aromatic N) is 7. The van der Waals surface area contributed by atoms with Gasteiger partial charge < -0.3 is 14.8 Å². The van der Waals surface area contributed by atoms with Crippen molar-refractivity contribution in [3.05, 3.63) is 30.5 Å². The summed E-state index contributed by atoms with van der Waals surface area (Å²) in [4.78, 5) is 30.2. The molecule has 2 amide bonds. The molecule has 140 valence electrons. The molecule has 1 unspecified atom stereocenters. The van der Waals surface area contributed by atoms with Gasteiger partial charge in [0.05, 0.1) is 23.4 Å². The van der Waals surface area contributed by atoms with Gasteiger partial charge in [-0.05, 0) is 19.4 Å². The fourth-order valence-corrected chi connectivity index (χ4v) is 4.00. The van der Waals surface area contributed by atoms with Gasteiger partial charge in [0.25, 0.3) is 0 Å². The number of carbonyl (C=O) groups excluding carboxylic acids is 1. The number of nitrogens with one attached hydrogen (secondary N) is 1. The number of amides is 2. The maximum absolute atomic E-state index is 12.2. The summed E-state index contributed by atoms with van der Waals surface area (Å²) in [6.07, 6.45) is 6.39. The number of aromatic amines is 1. The maximum atomic E-state index is 12.2. The van der Waals surface area contributed by atoms with Gasteiger partial charge in [-0.2, -0.15) is 5.10 Å². The van der Waals surface area contributed by atoms with E-state index in [1.165, 1.54) is 0 Å². The minimum Gasteiger partial charge on any atom is -0.354 e. The van der Waals surface area contributed by atoms with E-state index in [9.17, 15) is 4.79 Å². The Bertz CT molecular complexity index is 1010. The van der Waals surface area contributed by atoms with E-state index in [1.54, 1.807) is 22.3 Å². The van der Waals surface area contributed by atoms with Crippen molar-refractivity contribution in [2.24, 2.45) is 0 Å². The molecule has 0 aromatic carbocycles. The molecule has 0 bridgehead atoms. The summed E-state index contributed by atoms with van der Waals surface area (Å²) in [6, 6.07) is 2.33. The van der Waals surface area contributed by atoms with Gasteiger partial charge in [0.1, 0.15) is 11.8 Å². The van der Waals surface area contributed by atoms with Gasteiger partial charge in [0.2, 0.25) is 0 Å². The van der Waals surface area contributed by atoms with Gasteiger partial charge in [-0.1, -0.05) is 0 Å². The molecule has 3 aromatic rings. The van der Waals surface area contributed by atoms with Gasteiger partial charge in [-0.3, -0.25) is 9.58 Å². The third-order valence-corrected chi connectivity index (χ3v) is 5.49. The number of aromatic nitrogens is 5. The minimum atomic E-state index is 0.0353. The average molecular weight is 366 g/mol. The summed E-state index contributed by atoms with van der Waals surface area (Å²) in [5.74, 6) is 0.944. The highest BCUT2D eigenvalue weighted by molar-refractivity contribution is 5.93. The van der Waals surface area contributed by atoms with Crippen molar-refractivity contribution in [3.63, 3.8) is 0 Å². The number of rotatable bonds is 3. The molecule has 3 aromatic heterocycles. The molecular formula is C18H22N8O. The van der Waals surface area contributed by atoms with E-state index in [0.29, 0.717) is 6.54 Å². The normalized spacial score (nSPS) is 20.4. The topological polar surface area (TPSA) is 86.2 Å². The molecule has 0 spiro atoms. The van der Waals surface area contributed by atoms with Crippen LogP contribution in [0.2, 0.25) is 0 Å². The molecule has 0 radical (unpaired) electrons. The molecule has 0 saturated carbocycles. The Morgan fingerprint density at radius 1 is 1.22 bits per heavy atom. The van der Waals surface area contributed by atoms with Crippen LogP contribution in [0.4, 0.5) is 16.3 Å². The highest BCUT2D eigenvalue weighted by Gasteiger charge is 2.30. The van der Waals surface area contributed by atoms with Crippen LogP contribution in [-0.4, -0.2) is 68.9 Å².